The van der Waals surface area contributed by atoms with Gasteiger partial charge in [0, 0.05) is 0 Å². The molecule has 0 aromatic heterocycles. The number of halogens is 2. The highest BCUT2D eigenvalue weighted by molar-refractivity contribution is 6.42. The van der Waals surface area contributed by atoms with Crippen molar-refractivity contribution < 1.29 is 0 Å². The molecular weight excluding hydrogens is 251 g/mol. The normalized spacial score (nSPS) is 19.6. The topological polar surface area (TPSA) is 0 Å². The van der Waals surface area contributed by atoms with Gasteiger partial charge in [0.15, 0.2) is 0 Å². The highest BCUT2D eigenvalue weighted by Crippen LogP contribution is 2.46. The number of hydrogen-bond acceptors (Lipinski definition) is 0. The van der Waals surface area contributed by atoms with Gasteiger partial charge in [-0.25, -0.2) is 0 Å². The SMILES string of the molecule is CC(C)C1(c2ccc(Cl)c(Cl)c2)CCCCC1. The summed E-state index contributed by atoms with van der Waals surface area (Å²) >= 11 is 12.2. The Balaban J connectivity index is 2.41. The smallest absolute Gasteiger partial charge is 0.0595 e. The maximum atomic E-state index is 6.17. The molecule has 1 aromatic carbocycles. The van der Waals surface area contributed by atoms with E-state index in [1.165, 1.54) is 37.7 Å². The van der Waals surface area contributed by atoms with Gasteiger partial charge in [0.2, 0.25) is 0 Å². The van der Waals surface area contributed by atoms with Gasteiger partial charge in [-0.2, -0.15) is 0 Å². The molecule has 1 aliphatic rings. The van der Waals surface area contributed by atoms with Gasteiger partial charge in [-0.15, -0.1) is 0 Å². The third kappa shape index (κ3) is 2.48. The Morgan fingerprint density at radius 2 is 1.65 bits per heavy atom. The first-order chi connectivity index (χ1) is 8.06. The van der Waals surface area contributed by atoms with Crippen molar-refractivity contribution in [2.24, 2.45) is 5.92 Å². The van der Waals surface area contributed by atoms with Crippen molar-refractivity contribution in [3.8, 4) is 0 Å². The first-order valence-electron chi connectivity index (χ1n) is 6.52. The van der Waals surface area contributed by atoms with Gasteiger partial charge in [0.1, 0.15) is 0 Å². The van der Waals surface area contributed by atoms with Crippen LogP contribution in [0.25, 0.3) is 0 Å². The molecule has 2 rings (SSSR count). The van der Waals surface area contributed by atoms with Gasteiger partial charge in [0.25, 0.3) is 0 Å². The first-order valence-corrected chi connectivity index (χ1v) is 7.27. The molecule has 0 nitrogen and oxygen atoms in total. The average molecular weight is 271 g/mol. The third-order valence-electron chi connectivity index (χ3n) is 4.35. The molecule has 1 saturated carbocycles. The van der Waals surface area contributed by atoms with E-state index in [0.29, 0.717) is 21.4 Å². The minimum absolute atomic E-state index is 0.312. The van der Waals surface area contributed by atoms with E-state index in [4.69, 9.17) is 23.2 Å². The molecule has 0 spiro atoms. The van der Waals surface area contributed by atoms with Crippen molar-refractivity contribution in [3.05, 3.63) is 33.8 Å². The summed E-state index contributed by atoms with van der Waals surface area (Å²) in [5.41, 5.74) is 1.69. The third-order valence-corrected chi connectivity index (χ3v) is 5.08. The van der Waals surface area contributed by atoms with Crippen LogP contribution in [0.4, 0.5) is 0 Å². The number of hydrogen-bond donors (Lipinski definition) is 0. The Bertz CT molecular complexity index is 390. The molecule has 1 aliphatic carbocycles. The van der Waals surface area contributed by atoms with Crippen LogP contribution in [-0.4, -0.2) is 0 Å². The molecule has 17 heavy (non-hydrogen) atoms. The summed E-state index contributed by atoms with van der Waals surface area (Å²) in [6, 6.07) is 6.19. The summed E-state index contributed by atoms with van der Waals surface area (Å²) in [5, 5.41) is 1.35. The second-order valence-electron chi connectivity index (χ2n) is 5.50. The van der Waals surface area contributed by atoms with Gasteiger partial charge in [-0.05, 0) is 41.9 Å². The Labute approximate surface area is 114 Å². The minimum Gasteiger partial charge on any atom is -0.0827 e. The van der Waals surface area contributed by atoms with E-state index in [9.17, 15) is 0 Å². The number of benzene rings is 1. The van der Waals surface area contributed by atoms with Crippen molar-refractivity contribution >= 4 is 23.2 Å². The van der Waals surface area contributed by atoms with E-state index in [2.05, 4.69) is 26.0 Å². The Kier molecular flexibility index (Phi) is 4.05. The van der Waals surface area contributed by atoms with Gasteiger partial charge in [0.05, 0.1) is 10.0 Å². The zero-order valence-corrected chi connectivity index (χ0v) is 12.1. The van der Waals surface area contributed by atoms with Crippen LogP contribution >= 0.6 is 23.2 Å². The highest BCUT2D eigenvalue weighted by Gasteiger charge is 2.36. The van der Waals surface area contributed by atoms with Crippen LogP contribution in [0.1, 0.15) is 51.5 Å². The molecule has 0 aliphatic heterocycles. The lowest BCUT2D eigenvalue weighted by Crippen LogP contribution is -2.34. The molecule has 0 bridgehead atoms. The van der Waals surface area contributed by atoms with Crippen LogP contribution in [0.2, 0.25) is 10.0 Å². The Morgan fingerprint density at radius 1 is 1.00 bits per heavy atom. The number of rotatable bonds is 2. The predicted molar refractivity (Wildman–Crippen MR) is 76.1 cm³/mol. The van der Waals surface area contributed by atoms with Gasteiger partial charge < -0.3 is 0 Å². The van der Waals surface area contributed by atoms with Crippen LogP contribution in [0, 0.1) is 5.92 Å². The summed E-state index contributed by atoms with van der Waals surface area (Å²) in [4.78, 5) is 0. The molecule has 0 amide bonds. The van der Waals surface area contributed by atoms with Crippen LogP contribution in [0.15, 0.2) is 18.2 Å². The summed E-state index contributed by atoms with van der Waals surface area (Å²) in [7, 11) is 0. The lowest BCUT2D eigenvalue weighted by Gasteiger charge is -2.41. The van der Waals surface area contributed by atoms with E-state index >= 15 is 0 Å². The average Bonchev–Trinajstić information content (AvgIpc) is 2.33. The van der Waals surface area contributed by atoms with Crippen molar-refractivity contribution in [3.63, 3.8) is 0 Å². The molecule has 94 valence electrons. The van der Waals surface area contributed by atoms with Crippen LogP contribution in [0.3, 0.4) is 0 Å². The predicted octanol–water partition coefficient (Wildman–Crippen LogP) is 5.85. The molecule has 2 heteroatoms. The van der Waals surface area contributed by atoms with E-state index < -0.39 is 0 Å². The summed E-state index contributed by atoms with van der Waals surface area (Å²) in [6.07, 6.45) is 6.60. The van der Waals surface area contributed by atoms with E-state index in [-0.39, 0.29) is 0 Å². The van der Waals surface area contributed by atoms with E-state index in [1.807, 2.05) is 6.07 Å². The molecular formula is C15H20Cl2. The van der Waals surface area contributed by atoms with Crippen LogP contribution in [0.5, 0.6) is 0 Å². The highest BCUT2D eigenvalue weighted by atomic mass is 35.5. The monoisotopic (exact) mass is 270 g/mol. The second kappa shape index (κ2) is 5.20. The molecule has 0 N–H and O–H groups in total. The lowest BCUT2D eigenvalue weighted by atomic mass is 9.63. The molecule has 0 unspecified atom stereocenters. The lowest BCUT2D eigenvalue weighted by molar-refractivity contribution is 0.216. The maximum Gasteiger partial charge on any atom is 0.0595 e. The van der Waals surface area contributed by atoms with Crippen LogP contribution in [-0.2, 0) is 5.41 Å². The fraction of sp³-hybridized carbons (Fsp3) is 0.600. The molecule has 1 fully saturated rings. The summed E-state index contributed by atoms with van der Waals surface area (Å²) < 4.78 is 0. The van der Waals surface area contributed by atoms with Crippen molar-refractivity contribution in [2.45, 2.75) is 51.4 Å². The maximum absolute atomic E-state index is 6.17. The van der Waals surface area contributed by atoms with Gasteiger partial charge in [-0.1, -0.05) is 62.4 Å². The van der Waals surface area contributed by atoms with Crippen molar-refractivity contribution in [1.29, 1.82) is 0 Å². The molecule has 0 saturated heterocycles. The zero-order valence-electron chi connectivity index (χ0n) is 10.6. The second-order valence-corrected chi connectivity index (χ2v) is 6.31. The largest absolute Gasteiger partial charge is 0.0827 e. The standard InChI is InChI=1S/C15H20Cl2/c1-11(2)15(8-4-3-5-9-15)12-6-7-13(16)14(17)10-12/h6-7,10-11H,3-5,8-9H2,1-2H3. The van der Waals surface area contributed by atoms with Gasteiger partial charge >= 0.3 is 0 Å². The molecule has 0 atom stereocenters. The molecule has 1 aromatic rings. The fourth-order valence-electron chi connectivity index (χ4n) is 3.19. The van der Waals surface area contributed by atoms with Gasteiger partial charge in [-0.3, -0.25) is 0 Å². The van der Waals surface area contributed by atoms with Crippen LogP contribution < -0.4 is 0 Å². The van der Waals surface area contributed by atoms with E-state index in [1.54, 1.807) is 0 Å². The fourth-order valence-corrected chi connectivity index (χ4v) is 3.49. The molecule has 0 heterocycles. The first kappa shape index (κ1) is 13.2. The minimum atomic E-state index is 0.312. The summed E-state index contributed by atoms with van der Waals surface area (Å²) in [5.74, 6) is 0.653. The Hall–Kier alpha value is -0.200. The quantitative estimate of drug-likeness (QED) is 0.632. The summed E-state index contributed by atoms with van der Waals surface area (Å²) in [6.45, 7) is 4.65. The zero-order chi connectivity index (χ0) is 12.5. The van der Waals surface area contributed by atoms with Crippen molar-refractivity contribution in [1.82, 2.24) is 0 Å². The van der Waals surface area contributed by atoms with E-state index in [0.717, 1.165) is 0 Å². The molecule has 0 radical (unpaired) electrons. The van der Waals surface area contributed by atoms with Crippen molar-refractivity contribution in [2.75, 3.05) is 0 Å². The Morgan fingerprint density at radius 3 is 2.18 bits per heavy atom.